The van der Waals surface area contributed by atoms with Crippen LogP contribution < -0.4 is 15.8 Å². The fraction of sp³-hybridized carbons (Fsp3) is 0.412. The topological polar surface area (TPSA) is 124 Å². The molecular formula is C17H21N7O2. The van der Waals surface area contributed by atoms with Gasteiger partial charge in [-0.2, -0.15) is 5.10 Å². The van der Waals surface area contributed by atoms with Gasteiger partial charge in [-0.15, -0.1) is 0 Å². The van der Waals surface area contributed by atoms with E-state index in [1.54, 1.807) is 6.07 Å². The van der Waals surface area contributed by atoms with Gasteiger partial charge in [0.15, 0.2) is 5.82 Å². The summed E-state index contributed by atoms with van der Waals surface area (Å²) in [6, 6.07) is 1.75. The molecule has 0 unspecified atom stereocenters. The van der Waals surface area contributed by atoms with E-state index in [1.165, 1.54) is 6.33 Å². The monoisotopic (exact) mass is 355 g/mol. The fourth-order valence-electron chi connectivity index (χ4n) is 3.16. The summed E-state index contributed by atoms with van der Waals surface area (Å²) in [5.74, 6) is 0.806. The van der Waals surface area contributed by atoms with Crippen molar-refractivity contribution in [3.05, 3.63) is 23.7 Å². The summed E-state index contributed by atoms with van der Waals surface area (Å²) >= 11 is 0. The number of H-pyrrole nitrogens is 1. The van der Waals surface area contributed by atoms with E-state index in [1.807, 2.05) is 18.4 Å². The lowest BCUT2D eigenvalue weighted by molar-refractivity contribution is 0.102. The molecule has 0 radical (unpaired) electrons. The average molecular weight is 355 g/mol. The SMILES string of the molecule is CCOc1c(C(=O)Nc2cc(C)[nH]n2)c2c(N)ncnc2n1C1(C)CC1. The first-order valence-electron chi connectivity index (χ1n) is 8.56. The first-order valence-corrected chi connectivity index (χ1v) is 8.56. The van der Waals surface area contributed by atoms with Crippen LogP contribution in [-0.2, 0) is 5.54 Å². The summed E-state index contributed by atoms with van der Waals surface area (Å²) in [6.45, 7) is 6.28. The summed E-state index contributed by atoms with van der Waals surface area (Å²) in [4.78, 5) is 21.5. The molecule has 9 heteroatoms. The van der Waals surface area contributed by atoms with Gasteiger partial charge in [-0.3, -0.25) is 14.5 Å². The highest BCUT2D eigenvalue weighted by Gasteiger charge is 2.44. The predicted octanol–water partition coefficient (Wildman–Crippen LogP) is 2.21. The smallest absolute Gasteiger partial charge is 0.263 e. The molecule has 0 atom stereocenters. The van der Waals surface area contributed by atoms with Crippen molar-refractivity contribution in [2.75, 3.05) is 17.7 Å². The van der Waals surface area contributed by atoms with Gasteiger partial charge in [0.05, 0.1) is 12.0 Å². The molecular weight excluding hydrogens is 334 g/mol. The molecule has 3 heterocycles. The maximum absolute atomic E-state index is 13.1. The second-order valence-corrected chi connectivity index (χ2v) is 6.79. The number of nitrogens with zero attached hydrogens (tertiary/aromatic N) is 4. The Labute approximate surface area is 150 Å². The lowest BCUT2D eigenvalue weighted by atomic mass is 10.2. The van der Waals surface area contributed by atoms with Crippen LogP contribution in [0.25, 0.3) is 11.0 Å². The van der Waals surface area contributed by atoms with Crippen LogP contribution >= 0.6 is 0 Å². The van der Waals surface area contributed by atoms with Crippen molar-refractivity contribution >= 4 is 28.6 Å². The highest BCUT2D eigenvalue weighted by Crippen LogP contribution is 2.50. The number of aryl methyl sites for hydroxylation is 1. The summed E-state index contributed by atoms with van der Waals surface area (Å²) in [5.41, 5.74) is 7.78. The van der Waals surface area contributed by atoms with E-state index in [4.69, 9.17) is 10.5 Å². The Bertz CT molecular complexity index is 1000. The highest BCUT2D eigenvalue weighted by atomic mass is 16.5. The molecule has 1 amide bonds. The van der Waals surface area contributed by atoms with Crippen LogP contribution in [0.5, 0.6) is 5.88 Å². The second-order valence-electron chi connectivity index (χ2n) is 6.79. The zero-order chi connectivity index (χ0) is 18.5. The maximum atomic E-state index is 13.1. The van der Waals surface area contributed by atoms with E-state index >= 15 is 0 Å². The zero-order valence-corrected chi connectivity index (χ0v) is 15.0. The molecule has 1 fully saturated rings. The Morgan fingerprint density at radius 1 is 1.46 bits per heavy atom. The van der Waals surface area contributed by atoms with Crippen LogP contribution in [0.1, 0.15) is 42.7 Å². The number of hydrogen-bond donors (Lipinski definition) is 3. The highest BCUT2D eigenvalue weighted by molar-refractivity contribution is 6.16. The third-order valence-electron chi connectivity index (χ3n) is 4.70. The Balaban J connectivity index is 1.92. The minimum Gasteiger partial charge on any atom is -0.478 e. The lowest BCUT2D eigenvalue weighted by Gasteiger charge is -2.17. The first kappa shape index (κ1) is 16.4. The van der Waals surface area contributed by atoms with Crippen molar-refractivity contribution in [2.24, 2.45) is 0 Å². The summed E-state index contributed by atoms with van der Waals surface area (Å²) in [5, 5.41) is 10.2. The van der Waals surface area contributed by atoms with Gasteiger partial charge in [0.1, 0.15) is 23.4 Å². The van der Waals surface area contributed by atoms with Gasteiger partial charge in [0.25, 0.3) is 5.91 Å². The standard InChI is InChI=1S/C17H21N7O2/c1-4-26-16-12(15(25)21-10-7-9(2)22-23-10)11-13(18)19-8-20-14(11)24(16)17(3)5-6-17/h7-8H,4-6H2,1-3H3,(H2,18,19,20)(H2,21,22,23,25). The Kier molecular flexibility index (Phi) is 3.60. The van der Waals surface area contributed by atoms with Crippen LogP contribution in [-0.4, -0.2) is 37.2 Å². The molecule has 4 N–H and O–H groups in total. The van der Waals surface area contributed by atoms with E-state index < -0.39 is 0 Å². The number of nitrogens with two attached hydrogens (primary N) is 1. The van der Waals surface area contributed by atoms with Crippen LogP contribution in [0, 0.1) is 6.92 Å². The molecule has 1 saturated carbocycles. The molecule has 136 valence electrons. The van der Waals surface area contributed by atoms with Crippen molar-refractivity contribution in [2.45, 2.75) is 39.2 Å². The van der Waals surface area contributed by atoms with Crippen molar-refractivity contribution < 1.29 is 9.53 Å². The fourth-order valence-corrected chi connectivity index (χ4v) is 3.16. The molecule has 26 heavy (non-hydrogen) atoms. The second kappa shape index (κ2) is 5.72. The summed E-state index contributed by atoms with van der Waals surface area (Å²) < 4.78 is 7.87. The molecule has 0 bridgehead atoms. The number of hydrogen-bond acceptors (Lipinski definition) is 6. The molecule has 3 aromatic heterocycles. The number of fused-ring (bicyclic) bond motifs is 1. The van der Waals surface area contributed by atoms with E-state index in [2.05, 4.69) is 32.4 Å². The Morgan fingerprint density at radius 2 is 2.23 bits per heavy atom. The van der Waals surface area contributed by atoms with Gasteiger partial charge < -0.3 is 15.8 Å². The molecule has 3 aromatic rings. The maximum Gasteiger partial charge on any atom is 0.263 e. The molecule has 1 aliphatic carbocycles. The molecule has 0 aromatic carbocycles. The number of nitrogen functional groups attached to an aromatic ring is 1. The normalized spacial score (nSPS) is 15.2. The van der Waals surface area contributed by atoms with Crippen molar-refractivity contribution in [3.8, 4) is 5.88 Å². The third kappa shape index (κ3) is 2.47. The minimum absolute atomic E-state index is 0.134. The van der Waals surface area contributed by atoms with Crippen LogP contribution in [0.3, 0.4) is 0 Å². The van der Waals surface area contributed by atoms with Gasteiger partial charge in [0, 0.05) is 17.3 Å². The van der Waals surface area contributed by atoms with E-state index in [-0.39, 0.29) is 17.3 Å². The van der Waals surface area contributed by atoms with Crippen molar-refractivity contribution in [1.82, 2.24) is 24.7 Å². The number of carbonyl (C=O) groups is 1. The van der Waals surface area contributed by atoms with Gasteiger partial charge in [-0.05, 0) is 33.6 Å². The van der Waals surface area contributed by atoms with Crippen molar-refractivity contribution in [3.63, 3.8) is 0 Å². The van der Waals surface area contributed by atoms with Crippen LogP contribution in [0.2, 0.25) is 0 Å². The van der Waals surface area contributed by atoms with Gasteiger partial charge >= 0.3 is 0 Å². The number of carbonyl (C=O) groups excluding carboxylic acids is 1. The quantitative estimate of drug-likeness (QED) is 0.644. The summed E-state index contributed by atoms with van der Waals surface area (Å²) in [7, 11) is 0. The molecule has 0 spiro atoms. The van der Waals surface area contributed by atoms with E-state index in [9.17, 15) is 4.79 Å². The zero-order valence-electron chi connectivity index (χ0n) is 15.0. The van der Waals surface area contributed by atoms with E-state index in [0.29, 0.717) is 34.9 Å². The van der Waals surface area contributed by atoms with Gasteiger partial charge in [0.2, 0.25) is 5.88 Å². The number of rotatable bonds is 5. The number of amides is 1. The van der Waals surface area contributed by atoms with Crippen LogP contribution in [0.15, 0.2) is 12.4 Å². The van der Waals surface area contributed by atoms with E-state index in [0.717, 1.165) is 18.5 Å². The Morgan fingerprint density at radius 3 is 2.85 bits per heavy atom. The Hall–Kier alpha value is -3.10. The molecule has 9 nitrogen and oxygen atoms in total. The molecule has 0 aliphatic heterocycles. The largest absolute Gasteiger partial charge is 0.478 e. The number of nitrogens with one attached hydrogen (secondary N) is 2. The van der Waals surface area contributed by atoms with Gasteiger partial charge in [-0.1, -0.05) is 0 Å². The number of anilines is 2. The van der Waals surface area contributed by atoms with Crippen molar-refractivity contribution in [1.29, 1.82) is 0 Å². The van der Waals surface area contributed by atoms with Crippen LogP contribution in [0.4, 0.5) is 11.6 Å². The molecule has 0 saturated heterocycles. The third-order valence-corrected chi connectivity index (χ3v) is 4.70. The molecule has 1 aliphatic rings. The predicted molar refractivity (Wildman–Crippen MR) is 97.3 cm³/mol. The first-order chi connectivity index (χ1) is 12.4. The lowest BCUT2D eigenvalue weighted by Crippen LogP contribution is -2.18. The average Bonchev–Trinajstić information content (AvgIpc) is 3.04. The van der Waals surface area contributed by atoms with Gasteiger partial charge in [-0.25, -0.2) is 9.97 Å². The summed E-state index contributed by atoms with van der Waals surface area (Å²) in [6.07, 6.45) is 3.38. The number of ether oxygens (including phenoxy) is 1. The minimum atomic E-state index is -0.352. The number of aromatic nitrogens is 5. The number of aromatic amines is 1. The molecule has 4 rings (SSSR count).